The quantitative estimate of drug-likeness (QED) is 0.263. The minimum absolute atomic E-state index is 0.319. The molecule has 0 bridgehead atoms. The molecule has 0 saturated heterocycles. The third-order valence-corrected chi connectivity index (χ3v) is 7.64. The zero-order valence-corrected chi connectivity index (χ0v) is 20.8. The maximum Gasteiger partial charge on any atom is 0.159 e. The number of nitrogens with zero attached hydrogens (tertiary/aromatic N) is 2. The van der Waals surface area contributed by atoms with Crippen LogP contribution in [0.25, 0.3) is 0 Å². The van der Waals surface area contributed by atoms with Crippen molar-refractivity contribution in [1.82, 2.24) is 4.90 Å². The van der Waals surface area contributed by atoms with E-state index in [1.807, 2.05) is 48.2 Å². The van der Waals surface area contributed by atoms with Gasteiger partial charge >= 0.3 is 0 Å². The van der Waals surface area contributed by atoms with Crippen molar-refractivity contribution in [2.45, 2.75) is 31.1 Å². The van der Waals surface area contributed by atoms with E-state index in [4.69, 9.17) is 0 Å². The topological polar surface area (TPSA) is 15.6 Å². The summed E-state index contributed by atoms with van der Waals surface area (Å²) in [6.07, 6.45) is 4.54. The lowest BCUT2D eigenvalue weighted by atomic mass is 9.97. The molecular formula is C30H22F4N2S. The molecular weight excluding hydrogens is 496 g/mol. The summed E-state index contributed by atoms with van der Waals surface area (Å²) in [7, 11) is 0. The summed E-state index contributed by atoms with van der Waals surface area (Å²) in [6, 6.07) is 17.6. The molecule has 0 saturated carbocycles. The summed E-state index contributed by atoms with van der Waals surface area (Å²) >= 11 is 1.52. The first-order valence-electron chi connectivity index (χ1n) is 11.7. The van der Waals surface area contributed by atoms with Gasteiger partial charge in [-0.3, -0.25) is 0 Å². The second-order valence-corrected chi connectivity index (χ2v) is 10.3. The van der Waals surface area contributed by atoms with Crippen LogP contribution in [-0.4, -0.2) is 16.0 Å². The molecule has 1 unspecified atom stereocenters. The Balaban J connectivity index is 1.45. The van der Waals surface area contributed by atoms with E-state index in [-0.39, 0.29) is 0 Å². The van der Waals surface area contributed by atoms with Crippen LogP contribution in [0.2, 0.25) is 0 Å². The zero-order valence-electron chi connectivity index (χ0n) is 19.9. The van der Waals surface area contributed by atoms with Crippen LogP contribution in [-0.2, 0) is 19.4 Å². The van der Waals surface area contributed by atoms with Gasteiger partial charge in [-0.2, -0.15) is 0 Å². The summed E-state index contributed by atoms with van der Waals surface area (Å²) in [5.41, 5.74) is 3.96. The molecule has 0 amide bonds. The third kappa shape index (κ3) is 5.50. The fourth-order valence-corrected chi connectivity index (χ4v) is 5.66. The Bertz CT molecular complexity index is 1500. The van der Waals surface area contributed by atoms with Crippen LogP contribution in [0.3, 0.4) is 0 Å². The van der Waals surface area contributed by atoms with Crippen LogP contribution in [0.4, 0.5) is 17.6 Å². The third-order valence-electron chi connectivity index (χ3n) is 6.21. The largest absolute Gasteiger partial charge is 0.331 e. The fraction of sp³-hybridized carbons (Fsp3) is 0.167. The number of thioether (sulfide) groups is 1. The highest BCUT2D eigenvalue weighted by molar-refractivity contribution is 8.05. The van der Waals surface area contributed by atoms with Gasteiger partial charge in [0.1, 0.15) is 4.75 Å². The summed E-state index contributed by atoms with van der Waals surface area (Å²) in [5, 5.41) is 0. The molecule has 0 aromatic heterocycles. The first-order valence-corrected chi connectivity index (χ1v) is 12.5. The fourth-order valence-electron chi connectivity index (χ4n) is 4.29. The molecule has 7 heteroatoms. The molecule has 3 aromatic rings. The number of aliphatic imine (C=N–C) groups is 1. The number of fused-ring (bicyclic) bond motifs is 1. The predicted molar refractivity (Wildman–Crippen MR) is 139 cm³/mol. The molecule has 186 valence electrons. The van der Waals surface area contributed by atoms with Crippen LogP contribution < -0.4 is 0 Å². The lowest BCUT2D eigenvalue weighted by molar-refractivity contribution is 0.491. The average Bonchev–Trinajstić information content (AvgIpc) is 3.25. The maximum atomic E-state index is 14.0. The van der Waals surface area contributed by atoms with Crippen molar-refractivity contribution < 1.29 is 17.6 Å². The Kier molecular flexibility index (Phi) is 6.94. The Morgan fingerprint density at radius 2 is 1.51 bits per heavy atom. The van der Waals surface area contributed by atoms with E-state index >= 15 is 0 Å². The second kappa shape index (κ2) is 10.3. The summed E-state index contributed by atoms with van der Waals surface area (Å²) in [4.78, 5) is 7.38. The van der Waals surface area contributed by atoms with Crippen LogP contribution in [0, 0.1) is 35.1 Å². The highest BCUT2D eigenvalue weighted by atomic mass is 32.2. The van der Waals surface area contributed by atoms with E-state index in [2.05, 4.69) is 16.8 Å². The van der Waals surface area contributed by atoms with Gasteiger partial charge in [-0.05, 0) is 54.0 Å². The lowest BCUT2D eigenvalue weighted by Crippen LogP contribution is -2.23. The predicted octanol–water partition coefficient (Wildman–Crippen LogP) is 7.18. The summed E-state index contributed by atoms with van der Waals surface area (Å²) in [6.45, 7) is 2.26. The molecule has 37 heavy (non-hydrogen) atoms. The Morgan fingerprint density at radius 3 is 2.22 bits per heavy atom. The number of halogens is 4. The van der Waals surface area contributed by atoms with Crippen molar-refractivity contribution >= 4 is 18.1 Å². The lowest BCUT2D eigenvalue weighted by Gasteiger charge is -2.27. The van der Waals surface area contributed by atoms with Crippen molar-refractivity contribution in [1.29, 1.82) is 0 Å². The average molecular weight is 519 g/mol. The number of benzene rings is 3. The first kappa shape index (κ1) is 24.9. The van der Waals surface area contributed by atoms with Gasteiger partial charge in [0.05, 0.1) is 16.9 Å². The van der Waals surface area contributed by atoms with E-state index in [0.29, 0.717) is 30.5 Å². The molecule has 0 radical (unpaired) electrons. The second-order valence-electron chi connectivity index (χ2n) is 8.95. The van der Waals surface area contributed by atoms with Gasteiger partial charge < -0.3 is 4.90 Å². The minimum Gasteiger partial charge on any atom is -0.331 e. The number of rotatable bonds is 5. The standard InChI is InChI=1S/C30H22F4N2S/c1-20-29-28(35-19-36(20)18-23-10-12-25(32)27(34)15-23)17-30(37-29,13-5-8-21-6-3-2-4-7-21)16-22-9-11-24(31)26(33)14-22/h2-4,6-7,9-12,14-15,17,19H,8,16,18H2,1H3. The van der Waals surface area contributed by atoms with Crippen molar-refractivity contribution in [3.63, 3.8) is 0 Å². The molecule has 0 spiro atoms. The number of allylic oxidation sites excluding steroid dienone is 1. The molecule has 2 nitrogen and oxygen atoms in total. The molecule has 0 fully saturated rings. The van der Waals surface area contributed by atoms with Gasteiger partial charge in [-0.15, -0.1) is 0 Å². The molecule has 0 N–H and O–H groups in total. The van der Waals surface area contributed by atoms with E-state index in [9.17, 15) is 17.6 Å². The molecule has 2 heterocycles. The van der Waals surface area contributed by atoms with Gasteiger partial charge in [0.2, 0.25) is 0 Å². The normalized spacial score (nSPS) is 18.4. The van der Waals surface area contributed by atoms with Crippen LogP contribution in [0.5, 0.6) is 0 Å². The molecule has 3 aromatic carbocycles. The molecule has 2 aliphatic heterocycles. The van der Waals surface area contributed by atoms with Crippen LogP contribution >= 0.6 is 11.8 Å². The first-order chi connectivity index (χ1) is 17.8. The monoisotopic (exact) mass is 518 g/mol. The number of hydrogen-bond acceptors (Lipinski definition) is 3. The van der Waals surface area contributed by atoms with Crippen molar-refractivity contribution in [2.24, 2.45) is 4.99 Å². The molecule has 1 atom stereocenters. The maximum absolute atomic E-state index is 14.0. The summed E-state index contributed by atoms with van der Waals surface area (Å²) in [5.74, 6) is 3.07. The van der Waals surface area contributed by atoms with Gasteiger partial charge in [-0.1, -0.05) is 66.1 Å². The van der Waals surface area contributed by atoms with Crippen LogP contribution in [0.15, 0.2) is 94.1 Å². The van der Waals surface area contributed by atoms with Crippen molar-refractivity contribution in [3.8, 4) is 11.8 Å². The highest BCUT2D eigenvalue weighted by Crippen LogP contribution is 2.50. The van der Waals surface area contributed by atoms with E-state index in [1.54, 1.807) is 18.5 Å². The Morgan fingerprint density at radius 1 is 0.838 bits per heavy atom. The molecule has 0 aliphatic carbocycles. The van der Waals surface area contributed by atoms with E-state index in [1.165, 1.54) is 23.9 Å². The molecule has 5 rings (SSSR count). The van der Waals surface area contributed by atoms with Crippen LogP contribution in [0.1, 0.15) is 23.6 Å². The molecule has 2 aliphatic rings. The highest BCUT2D eigenvalue weighted by Gasteiger charge is 2.39. The Hall–Kier alpha value is -3.76. The summed E-state index contributed by atoms with van der Waals surface area (Å²) < 4.78 is 53.9. The van der Waals surface area contributed by atoms with Gasteiger partial charge in [0.25, 0.3) is 0 Å². The van der Waals surface area contributed by atoms with E-state index < -0.39 is 28.0 Å². The smallest absolute Gasteiger partial charge is 0.159 e. The Labute approximate surface area is 217 Å². The minimum atomic E-state index is -0.899. The van der Waals surface area contributed by atoms with E-state index in [0.717, 1.165) is 34.0 Å². The van der Waals surface area contributed by atoms with Crippen molar-refractivity contribution in [2.75, 3.05) is 0 Å². The van der Waals surface area contributed by atoms with Gasteiger partial charge in [-0.25, -0.2) is 22.6 Å². The van der Waals surface area contributed by atoms with Gasteiger partial charge in [0.15, 0.2) is 23.3 Å². The van der Waals surface area contributed by atoms with Gasteiger partial charge in [0, 0.05) is 25.1 Å². The number of hydrogen-bond donors (Lipinski definition) is 0. The zero-order chi connectivity index (χ0) is 26.0. The SMILES string of the molecule is CC1=C2SC(C#CCc3ccccc3)(Cc3ccc(F)c(F)c3)C=C2N=CN1Cc1ccc(F)c(F)c1. The van der Waals surface area contributed by atoms with Crippen molar-refractivity contribution in [3.05, 3.63) is 129 Å².